The summed E-state index contributed by atoms with van der Waals surface area (Å²) in [6, 6.07) is 49.0. The number of hydrogen-bond donors (Lipinski definition) is 0. The first kappa shape index (κ1) is 32.1. The summed E-state index contributed by atoms with van der Waals surface area (Å²) in [5.41, 5.74) is 10.8. The largest absolute Gasteiger partial charge is 0.402 e. The Morgan fingerprint density at radius 1 is 0.404 bits per heavy atom. The summed E-state index contributed by atoms with van der Waals surface area (Å²) in [4.78, 5) is 0. The second-order valence-corrected chi connectivity index (χ2v) is 12.9. The van der Waals surface area contributed by atoms with Gasteiger partial charge in [-0.05, 0) is 79.1 Å². The summed E-state index contributed by atoms with van der Waals surface area (Å²) in [6.45, 7) is 9.27. The van der Waals surface area contributed by atoms with Gasteiger partial charge in [-0.25, -0.2) is 0 Å². The number of alkyl halides is 3. The molecule has 236 valence electrons. The first-order chi connectivity index (χ1) is 22.5. The van der Waals surface area contributed by atoms with E-state index in [1.165, 1.54) is 51.4 Å². The molecule has 0 heterocycles. The van der Waals surface area contributed by atoms with E-state index >= 15 is 0 Å². The van der Waals surface area contributed by atoms with Crippen molar-refractivity contribution in [2.45, 2.75) is 51.6 Å². The van der Waals surface area contributed by atoms with Gasteiger partial charge in [-0.2, -0.15) is 13.2 Å². The van der Waals surface area contributed by atoms with E-state index < -0.39 is 11.6 Å². The molecule has 0 radical (unpaired) electrons. The van der Waals surface area contributed by atoms with Gasteiger partial charge in [0.05, 0.1) is 5.41 Å². The second-order valence-electron chi connectivity index (χ2n) is 12.9. The minimum absolute atomic E-state index is 0.263. The SMILES string of the molecule is Cc1ccc(C(C)(c2ccc(C)cc2)C(F)(F)F)cc1.Cc1ccc(C2(c3ccc(C)cc3)c3ccccc3-c3ccccc32)cc1. The molecule has 47 heavy (non-hydrogen) atoms. The van der Waals surface area contributed by atoms with Crippen LogP contribution < -0.4 is 0 Å². The zero-order chi connectivity index (χ0) is 33.4. The number of aryl methyl sites for hydroxylation is 4. The Morgan fingerprint density at radius 2 is 0.702 bits per heavy atom. The van der Waals surface area contributed by atoms with Crippen LogP contribution >= 0.6 is 0 Å². The minimum atomic E-state index is -4.35. The van der Waals surface area contributed by atoms with Gasteiger partial charge >= 0.3 is 6.18 Å². The Kier molecular flexibility index (Phi) is 8.44. The van der Waals surface area contributed by atoms with Crippen LogP contribution in [0, 0.1) is 27.7 Å². The molecule has 0 amide bonds. The number of rotatable bonds is 4. The Balaban J connectivity index is 0.000000173. The van der Waals surface area contributed by atoms with E-state index in [9.17, 15) is 13.2 Å². The second kappa shape index (κ2) is 12.4. The Morgan fingerprint density at radius 3 is 1.02 bits per heavy atom. The van der Waals surface area contributed by atoms with E-state index in [-0.39, 0.29) is 16.5 Å². The molecule has 0 aromatic heterocycles. The van der Waals surface area contributed by atoms with Crippen LogP contribution in [0.5, 0.6) is 0 Å². The molecular formula is C44H39F3. The lowest BCUT2D eigenvalue weighted by molar-refractivity contribution is -0.173. The highest BCUT2D eigenvalue weighted by atomic mass is 19.4. The Hall–Kier alpha value is -4.89. The molecular weight excluding hydrogens is 585 g/mol. The first-order valence-corrected chi connectivity index (χ1v) is 16.0. The molecule has 1 aliphatic rings. The quantitative estimate of drug-likeness (QED) is 0.183. The molecule has 0 spiro atoms. The van der Waals surface area contributed by atoms with Crippen LogP contribution in [-0.2, 0) is 10.8 Å². The highest BCUT2D eigenvalue weighted by molar-refractivity contribution is 5.86. The fourth-order valence-corrected chi connectivity index (χ4v) is 6.90. The van der Waals surface area contributed by atoms with Gasteiger partial charge in [0, 0.05) is 0 Å². The normalized spacial score (nSPS) is 13.3. The third-order valence-electron chi connectivity index (χ3n) is 9.75. The summed E-state index contributed by atoms with van der Waals surface area (Å²) >= 11 is 0. The Labute approximate surface area is 276 Å². The molecule has 1 aliphatic carbocycles. The first-order valence-electron chi connectivity index (χ1n) is 16.0. The van der Waals surface area contributed by atoms with Crippen molar-refractivity contribution in [3.63, 3.8) is 0 Å². The number of halogens is 3. The van der Waals surface area contributed by atoms with Gasteiger partial charge in [-0.3, -0.25) is 0 Å². The highest BCUT2D eigenvalue weighted by Crippen LogP contribution is 2.56. The van der Waals surface area contributed by atoms with Crippen molar-refractivity contribution < 1.29 is 13.2 Å². The molecule has 0 N–H and O–H groups in total. The third-order valence-corrected chi connectivity index (χ3v) is 9.75. The van der Waals surface area contributed by atoms with E-state index in [0.717, 1.165) is 11.1 Å². The molecule has 6 aromatic rings. The van der Waals surface area contributed by atoms with E-state index in [0.29, 0.717) is 0 Å². The average Bonchev–Trinajstić information content (AvgIpc) is 3.37. The van der Waals surface area contributed by atoms with Crippen LogP contribution in [0.3, 0.4) is 0 Å². The van der Waals surface area contributed by atoms with Crippen LogP contribution in [0.2, 0.25) is 0 Å². The summed E-state index contributed by atoms with van der Waals surface area (Å²) < 4.78 is 41.0. The molecule has 0 atom stereocenters. The average molecular weight is 625 g/mol. The van der Waals surface area contributed by atoms with Crippen molar-refractivity contribution in [1.82, 2.24) is 0 Å². The summed E-state index contributed by atoms with van der Waals surface area (Å²) in [5.74, 6) is 0. The zero-order valence-corrected chi connectivity index (χ0v) is 27.5. The lowest BCUT2D eigenvalue weighted by Crippen LogP contribution is -2.40. The van der Waals surface area contributed by atoms with Crippen LogP contribution in [0.15, 0.2) is 146 Å². The Bertz CT molecular complexity index is 1840. The predicted molar refractivity (Wildman–Crippen MR) is 188 cm³/mol. The maximum absolute atomic E-state index is 13.7. The van der Waals surface area contributed by atoms with Gasteiger partial charge < -0.3 is 0 Å². The molecule has 7 rings (SSSR count). The third kappa shape index (κ3) is 5.58. The molecule has 0 saturated heterocycles. The van der Waals surface area contributed by atoms with Gasteiger partial charge in [-0.1, -0.05) is 168 Å². The maximum atomic E-state index is 13.7. The van der Waals surface area contributed by atoms with Crippen LogP contribution in [0.1, 0.15) is 62.6 Å². The van der Waals surface area contributed by atoms with Crippen molar-refractivity contribution in [3.8, 4) is 11.1 Å². The predicted octanol–water partition coefficient (Wildman–Crippen LogP) is 11.8. The standard InChI is InChI=1S/C27H22.C17H17F3/c1-19-11-15-21(16-12-19)27(22-17-13-20(2)14-18-22)25-9-5-3-7-23(25)24-8-4-6-10-26(24)27;1-12-4-8-14(9-5-12)16(3,17(18,19)20)15-10-6-13(2)7-11-15/h3-18H,1-2H3;4-11H,1-3H3. The van der Waals surface area contributed by atoms with Crippen molar-refractivity contribution in [2.24, 2.45) is 0 Å². The van der Waals surface area contributed by atoms with E-state index in [1.807, 2.05) is 13.8 Å². The maximum Gasteiger partial charge on any atom is 0.402 e. The van der Waals surface area contributed by atoms with Crippen LogP contribution in [0.25, 0.3) is 11.1 Å². The fourth-order valence-electron chi connectivity index (χ4n) is 6.90. The lowest BCUT2D eigenvalue weighted by atomic mass is 9.67. The van der Waals surface area contributed by atoms with Gasteiger partial charge in [0.25, 0.3) is 0 Å². The summed E-state index contributed by atoms with van der Waals surface area (Å²) in [6.07, 6.45) is -4.35. The molecule has 0 nitrogen and oxygen atoms in total. The molecule has 0 saturated carbocycles. The van der Waals surface area contributed by atoms with E-state index in [1.54, 1.807) is 48.5 Å². The molecule has 0 bridgehead atoms. The zero-order valence-electron chi connectivity index (χ0n) is 27.5. The summed E-state index contributed by atoms with van der Waals surface area (Å²) in [7, 11) is 0. The van der Waals surface area contributed by atoms with Gasteiger partial charge in [-0.15, -0.1) is 0 Å². The van der Waals surface area contributed by atoms with Crippen molar-refractivity contribution in [1.29, 1.82) is 0 Å². The highest BCUT2D eigenvalue weighted by Gasteiger charge is 2.53. The minimum Gasteiger partial charge on any atom is -0.170 e. The van der Waals surface area contributed by atoms with Crippen LogP contribution in [-0.4, -0.2) is 6.18 Å². The van der Waals surface area contributed by atoms with Crippen molar-refractivity contribution >= 4 is 0 Å². The number of fused-ring (bicyclic) bond motifs is 3. The summed E-state index contributed by atoms with van der Waals surface area (Å²) in [5, 5.41) is 0. The lowest BCUT2D eigenvalue weighted by Gasteiger charge is -2.34. The van der Waals surface area contributed by atoms with Gasteiger partial charge in [0.2, 0.25) is 0 Å². The molecule has 0 fully saturated rings. The topological polar surface area (TPSA) is 0 Å². The molecule has 0 aliphatic heterocycles. The van der Waals surface area contributed by atoms with Crippen molar-refractivity contribution in [2.75, 3.05) is 0 Å². The molecule has 6 aromatic carbocycles. The smallest absolute Gasteiger partial charge is 0.170 e. The van der Waals surface area contributed by atoms with Crippen LogP contribution in [0.4, 0.5) is 13.2 Å². The van der Waals surface area contributed by atoms with E-state index in [2.05, 4.69) is 111 Å². The fraction of sp³-hybridized carbons (Fsp3) is 0.182. The van der Waals surface area contributed by atoms with Gasteiger partial charge in [0.1, 0.15) is 5.41 Å². The number of benzene rings is 6. The van der Waals surface area contributed by atoms with E-state index in [4.69, 9.17) is 0 Å². The number of hydrogen-bond acceptors (Lipinski definition) is 0. The molecule has 0 unspecified atom stereocenters. The van der Waals surface area contributed by atoms with Crippen molar-refractivity contribution in [3.05, 3.63) is 201 Å². The monoisotopic (exact) mass is 624 g/mol. The van der Waals surface area contributed by atoms with Gasteiger partial charge in [0.15, 0.2) is 0 Å². The molecule has 3 heteroatoms.